The maximum absolute atomic E-state index is 12.2. The molecule has 3 nitrogen and oxygen atoms in total. The number of aliphatic hydroxyl groups is 1. The summed E-state index contributed by atoms with van der Waals surface area (Å²) in [5, 5.41) is 13.7. The molecule has 22 heavy (non-hydrogen) atoms. The molecule has 1 unspecified atom stereocenters. The SMILES string of the molecule is Cc1c(C(O)c2ccccc2)cc2c(c1C)NC(=O)C2(C)C. The van der Waals surface area contributed by atoms with E-state index in [0.717, 1.165) is 33.5 Å². The number of carbonyl (C=O) groups excluding carboxylic acids is 1. The maximum atomic E-state index is 12.2. The summed E-state index contributed by atoms with van der Waals surface area (Å²) in [4.78, 5) is 12.2. The third kappa shape index (κ3) is 2.04. The Morgan fingerprint density at radius 1 is 1.09 bits per heavy atom. The van der Waals surface area contributed by atoms with Crippen LogP contribution in [-0.2, 0) is 10.2 Å². The van der Waals surface area contributed by atoms with Gasteiger partial charge in [0, 0.05) is 5.69 Å². The van der Waals surface area contributed by atoms with Gasteiger partial charge in [0.15, 0.2) is 0 Å². The van der Waals surface area contributed by atoms with Gasteiger partial charge in [0.1, 0.15) is 6.10 Å². The topological polar surface area (TPSA) is 49.3 Å². The van der Waals surface area contributed by atoms with Gasteiger partial charge in [-0.2, -0.15) is 0 Å². The number of rotatable bonds is 2. The lowest BCUT2D eigenvalue weighted by Crippen LogP contribution is -2.27. The van der Waals surface area contributed by atoms with Crippen molar-refractivity contribution in [2.24, 2.45) is 0 Å². The molecule has 0 radical (unpaired) electrons. The van der Waals surface area contributed by atoms with Crippen LogP contribution >= 0.6 is 0 Å². The van der Waals surface area contributed by atoms with Crippen molar-refractivity contribution in [3.8, 4) is 0 Å². The number of carbonyl (C=O) groups is 1. The van der Waals surface area contributed by atoms with E-state index in [1.54, 1.807) is 0 Å². The van der Waals surface area contributed by atoms with E-state index in [1.165, 1.54) is 0 Å². The second-order valence-electron chi connectivity index (χ2n) is 6.53. The summed E-state index contributed by atoms with van der Waals surface area (Å²) in [6, 6.07) is 11.6. The first kappa shape index (κ1) is 14.8. The Morgan fingerprint density at radius 3 is 2.36 bits per heavy atom. The number of amides is 1. The number of anilines is 1. The zero-order valence-corrected chi connectivity index (χ0v) is 13.4. The van der Waals surface area contributed by atoms with Crippen LogP contribution in [0.15, 0.2) is 36.4 Å². The fraction of sp³-hybridized carbons (Fsp3) is 0.316. The molecule has 0 saturated carbocycles. The summed E-state index contributed by atoms with van der Waals surface area (Å²) in [6.45, 7) is 7.83. The highest BCUT2D eigenvalue weighted by Crippen LogP contribution is 2.43. The van der Waals surface area contributed by atoms with Gasteiger partial charge in [-0.3, -0.25) is 4.79 Å². The van der Waals surface area contributed by atoms with E-state index in [4.69, 9.17) is 0 Å². The minimum Gasteiger partial charge on any atom is -0.384 e. The number of fused-ring (bicyclic) bond motifs is 1. The van der Waals surface area contributed by atoms with E-state index in [0.29, 0.717) is 0 Å². The van der Waals surface area contributed by atoms with Gasteiger partial charge in [0.05, 0.1) is 5.41 Å². The van der Waals surface area contributed by atoms with E-state index < -0.39 is 11.5 Å². The highest BCUT2D eigenvalue weighted by molar-refractivity contribution is 6.06. The van der Waals surface area contributed by atoms with Crippen LogP contribution in [0.2, 0.25) is 0 Å². The molecule has 0 aromatic heterocycles. The van der Waals surface area contributed by atoms with Gasteiger partial charge in [-0.05, 0) is 61.6 Å². The van der Waals surface area contributed by atoms with Gasteiger partial charge in [-0.15, -0.1) is 0 Å². The Balaban J connectivity index is 2.18. The Labute approximate surface area is 131 Å². The molecule has 1 amide bonds. The predicted octanol–water partition coefficient (Wildman–Crippen LogP) is 3.61. The first-order chi connectivity index (χ1) is 10.3. The molecule has 2 aromatic carbocycles. The van der Waals surface area contributed by atoms with E-state index in [1.807, 2.05) is 64.1 Å². The minimum absolute atomic E-state index is 0.0105. The van der Waals surface area contributed by atoms with Gasteiger partial charge >= 0.3 is 0 Å². The fourth-order valence-corrected chi connectivity index (χ4v) is 3.09. The van der Waals surface area contributed by atoms with Crippen molar-refractivity contribution in [3.05, 3.63) is 64.2 Å². The summed E-state index contributed by atoms with van der Waals surface area (Å²) in [7, 11) is 0. The van der Waals surface area contributed by atoms with E-state index in [9.17, 15) is 9.90 Å². The number of benzene rings is 2. The van der Waals surface area contributed by atoms with Gasteiger partial charge in [0.2, 0.25) is 5.91 Å². The fourth-order valence-electron chi connectivity index (χ4n) is 3.09. The van der Waals surface area contributed by atoms with Gasteiger partial charge in [-0.25, -0.2) is 0 Å². The lowest BCUT2D eigenvalue weighted by atomic mass is 9.82. The molecule has 2 aromatic rings. The normalized spacial score (nSPS) is 17.0. The number of hydrogen-bond donors (Lipinski definition) is 2. The molecule has 0 saturated heterocycles. The zero-order chi connectivity index (χ0) is 16.1. The largest absolute Gasteiger partial charge is 0.384 e. The molecular formula is C19H21NO2. The molecule has 0 fully saturated rings. The first-order valence-electron chi connectivity index (χ1n) is 7.53. The Hall–Kier alpha value is -2.13. The van der Waals surface area contributed by atoms with Crippen molar-refractivity contribution in [3.63, 3.8) is 0 Å². The molecule has 2 N–H and O–H groups in total. The zero-order valence-electron chi connectivity index (χ0n) is 13.4. The van der Waals surface area contributed by atoms with Crippen molar-refractivity contribution in [1.29, 1.82) is 0 Å². The van der Waals surface area contributed by atoms with Gasteiger partial charge < -0.3 is 10.4 Å². The molecule has 3 heteroatoms. The second kappa shape index (κ2) is 4.96. The minimum atomic E-state index is -0.684. The summed E-state index contributed by atoms with van der Waals surface area (Å²) >= 11 is 0. The Morgan fingerprint density at radius 2 is 1.73 bits per heavy atom. The van der Waals surface area contributed by atoms with Crippen LogP contribution in [-0.4, -0.2) is 11.0 Å². The molecule has 1 heterocycles. The molecular weight excluding hydrogens is 274 g/mol. The van der Waals surface area contributed by atoms with Crippen molar-refractivity contribution in [1.82, 2.24) is 0 Å². The quantitative estimate of drug-likeness (QED) is 0.889. The lowest BCUT2D eigenvalue weighted by molar-refractivity contribution is -0.119. The van der Waals surface area contributed by atoms with Crippen molar-refractivity contribution in [2.75, 3.05) is 5.32 Å². The third-order valence-corrected chi connectivity index (χ3v) is 4.83. The number of nitrogens with one attached hydrogen (secondary N) is 1. The summed E-state index contributed by atoms with van der Waals surface area (Å²) in [5.74, 6) is 0.0105. The maximum Gasteiger partial charge on any atom is 0.234 e. The summed E-state index contributed by atoms with van der Waals surface area (Å²) in [5.41, 5.74) is 5.07. The van der Waals surface area contributed by atoms with Crippen molar-refractivity contribution in [2.45, 2.75) is 39.2 Å². The van der Waals surface area contributed by atoms with Gasteiger partial charge in [-0.1, -0.05) is 30.3 Å². The highest BCUT2D eigenvalue weighted by Gasteiger charge is 2.40. The van der Waals surface area contributed by atoms with Crippen LogP contribution < -0.4 is 5.32 Å². The number of aliphatic hydroxyl groups excluding tert-OH is 1. The Kier molecular flexibility index (Phi) is 3.33. The average molecular weight is 295 g/mol. The summed E-state index contributed by atoms with van der Waals surface area (Å²) in [6.07, 6.45) is -0.684. The van der Waals surface area contributed by atoms with Crippen LogP contribution in [0, 0.1) is 13.8 Å². The molecule has 0 spiro atoms. The second-order valence-corrected chi connectivity index (χ2v) is 6.53. The molecule has 1 aliphatic heterocycles. The monoisotopic (exact) mass is 295 g/mol. The molecule has 1 atom stereocenters. The van der Waals surface area contributed by atoms with E-state index in [-0.39, 0.29) is 5.91 Å². The third-order valence-electron chi connectivity index (χ3n) is 4.83. The van der Waals surface area contributed by atoms with E-state index in [2.05, 4.69) is 5.32 Å². The van der Waals surface area contributed by atoms with Crippen LogP contribution in [0.3, 0.4) is 0 Å². The smallest absolute Gasteiger partial charge is 0.234 e. The Bertz CT molecular complexity index is 748. The molecule has 3 rings (SSSR count). The van der Waals surface area contributed by atoms with Crippen molar-refractivity contribution >= 4 is 11.6 Å². The molecule has 0 aliphatic carbocycles. The molecule has 1 aliphatic rings. The first-order valence-corrected chi connectivity index (χ1v) is 7.53. The van der Waals surface area contributed by atoms with Crippen LogP contribution in [0.1, 0.15) is 47.8 Å². The van der Waals surface area contributed by atoms with Crippen LogP contribution in [0.25, 0.3) is 0 Å². The van der Waals surface area contributed by atoms with Gasteiger partial charge in [0.25, 0.3) is 0 Å². The summed E-state index contributed by atoms with van der Waals surface area (Å²) < 4.78 is 0. The van der Waals surface area contributed by atoms with E-state index >= 15 is 0 Å². The highest BCUT2D eigenvalue weighted by atomic mass is 16.3. The van der Waals surface area contributed by atoms with Crippen molar-refractivity contribution < 1.29 is 9.90 Å². The van der Waals surface area contributed by atoms with Crippen LogP contribution in [0.5, 0.6) is 0 Å². The molecule has 0 bridgehead atoms. The molecule has 114 valence electrons. The van der Waals surface area contributed by atoms with Crippen LogP contribution in [0.4, 0.5) is 5.69 Å². The average Bonchev–Trinajstić information content (AvgIpc) is 2.74. The number of hydrogen-bond acceptors (Lipinski definition) is 2. The lowest BCUT2D eigenvalue weighted by Gasteiger charge is -2.21. The predicted molar refractivity (Wildman–Crippen MR) is 88.1 cm³/mol. The standard InChI is InChI=1S/C19H21NO2/c1-11-12(2)16-15(19(3,4)18(22)20-16)10-14(11)17(21)13-8-6-5-7-9-13/h5-10,17,21H,1-4H3,(H,20,22).